The molecule has 0 unspecified atom stereocenters. The van der Waals surface area contributed by atoms with Crippen LogP contribution in [0.3, 0.4) is 0 Å². The number of hydrogen-bond donors (Lipinski definition) is 2. The first-order valence-electron chi connectivity index (χ1n) is 10.9. The summed E-state index contributed by atoms with van der Waals surface area (Å²) in [5, 5.41) is 7.20. The third kappa shape index (κ3) is 8.15. The number of hydrogen-bond acceptors (Lipinski definition) is 9. The molecule has 1 atom stereocenters. The molecule has 1 aromatic heterocycles. The molecule has 11 heteroatoms. The minimum atomic E-state index is -0.643. The summed E-state index contributed by atoms with van der Waals surface area (Å²) in [5.74, 6) is 1.39. The zero-order valence-electron chi connectivity index (χ0n) is 19.8. The molecule has 3 rings (SSSR count). The van der Waals surface area contributed by atoms with Gasteiger partial charge in [0.05, 0.1) is 14.2 Å². The summed E-state index contributed by atoms with van der Waals surface area (Å²) in [5.41, 5.74) is 0.835. The molecular formula is C24H27Cl2N5O4. The lowest BCUT2D eigenvalue weighted by atomic mass is 10.0. The van der Waals surface area contributed by atoms with E-state index >= 15 is 0 Å². The normalized spacial score (nSPS) is 11.6. The van der Waals surface area contributed by atoms with Crippen LogP contribution in [0.4, 0.5) is 11.9 Å². The number of nitrogens with zero attached hydrogens (tertiary/aromatic N) is 3. The number of methoxy groups -OCH3 is 2. The Morgan fingerprint density at radius 1 is 0.943 bits per heavy atom. The number of benzene rings is 2. The van der Waals surface area contributed by atoms with Gasteiger partial charge in [0.1, 0.15) is 17.5 Å². The first-order chi connectivity index (χ1) is 16.7. The van der Waals surface area contributed by atoms with Crippen LogP contribution in [0, 0.1) is 5.92 Å². The van der Waals surface area contributed by atoms with Crippen LogP contribution in [0.15, 0.2) is 42.5 Å². The number of esters is 1. The number of halogens is 2. The van der Waals surface area contributed by atoms with E-state index in [2.05, 4.69) is 25.6 Å². The van der Waals surface area contributed by atoms with E-state index in [1.165, 1.54) is 7.11 Å². The maximum absolute atomic E-state index is 12.3. The molecule has 0 bridgehead atoms. The SMILES string of the molecule is COC(=O)[C@H](CC(C)C)Nc1nc(NCc2cc(Cl)cc(Cl)c2)nc(Oc2ccc(OC)cc2)n1. The Hall–Kier alpha value is -3.30. The zero-order chi connectivity index (χ0) is 25.4. The molecule has 0 spiro atoms. The Labute approximate surface area is 214 Å². The van der Waals surface area contributed by atoms with Crippen molar-refractivity contribution in [1.29, 1.82) is 0 Å². The molecule has 3 aromatic rings. The Kier molecular flexibility index (Phi) is 9.33. The third-order valence-electron chi connectivity index (χ3n) is 4.75. The second-order valence-electron chi connectivity index (χ2n) is 8.02. The van der Waals surface area contributed by atoms with E-state index in [9.17, 15) is 4.79 Å². The highest BCUT2D eigenvalue weighted by molar-refractivity contribution is 6.34. The Bertz CT molecular complexity index is 1130. The highest BCUT2D eigenvalue weighted by atomic mass is 35.5. The van der Waals surface area contributed by atoms with Gasteiger partial charge in [0, 0.05) is 16.6 Å². The monoisotopic (exact) mass is 519 g/mol. The van der Waals surface area contributed by atoms with Gasteiger partial charge in [-0.25, -0.2) is 4.79 Å². The van der Waals surface area contributed by atoms with Gasteiger partial charge < -0.3 is 24.8 Å². The second-order valence-corrected chi connectivity index (χ2v) is 8.90. The first kappa shape index (κ1) is 26.3. The van der Waals surface area contributed by atoms with Gasteiger partial charge in [-0.2, -0.15) is 15.0 Å². The minimum absolute atomic E-state index is 0.0347. The number of nitrogens with one attached hydrogen (secondary N) is 2. The number of carbonyl (C=O) groups is 1. The van der Waals surface area contributed by atoms with Gasteiger partial charge in [-0.1, -0.05) is 37.0 Å². The fourth-order valence-electron chi connectivity index (χ4n) is 3.17. The Morgan fingerprint density at radius 3 is 2.17 bits per heavy atom. The summed E-state index contributed by atoms with van der Waals surface area (Å²) in [6.07, 6.45) is 0.525. The van der Waals surface area contributed by atoms with E-state index in [1.54, 1.807) is 49.6 Å². The van der Waals surface area contributed by atoms with Gasteiger partial charge in [-0.15, -0.1) is 0 Å². The fraction of sp³-hybridized carbons (Fsp3) is 0.333. The molecule has 0 aliphatic heterocycles. The molecule has 0 aliphatic carbocycles. The van der Waals surface area contributed by atoms with E-state index in [-0.39, 0.29) is 23.8 Å². The van der Waals surface area contributed by atoms with Crippen molar-refractivity contribution in [2.45, 2.75) is 32.9 Å². The van der Waals surface area contributed by atoms with Gasteiger partial charge in [0.25, 0.3) is 0 Å². The summed E-state index contributed by atoms with van der Waals surface area (Å²) in [7, 11) is 2.92. The molecule has 2 aromatic carbocycles. The lowest BCUT2D eigenvalue weighted by molar-refractivity contribution is -0.141. The summed E-state index contributed by atoms with van der Waals surface area (Å²) >= 11 is 12.2. The topological polar surface area (TPSA) is 107 Å². The number of anilines is 2. The van der Waals surface area contributed by atoms with Crippen LogP contribution >= 0.6 is 23.2 Å². The molecule has 0 fully saturated rings. The molecule has 0 radical (unpaired) electrons. The van der Waals surface area contributed by atoms with Gasteiger partial charge in [-0.3, -0.25) is 0 Å². The lowest BCUT2D eigenvalue weighted by Crippen LogP contribution is -2.33. The quantitative estimate of drug-likeness (QED) is 0.313. The van der Waals surface area contributed by atoms with E-state index in [4.69, 9.17) is 37.4 Å². The molecule has 186 valence electrons. The average Bonchev–Trinajstić information content (AvgIpc) is 2.81. The standard InChI is InChI=1S/C24H27Cl2N5O4/c1-14(2)9-20(21(32)34-4)28-23-29-22(27-13-15-10-16(25)12-17(26)11-15)30-24(31-23)35-19-7-5-18(33-3)6-8-19/h5-8,10-12,14,20H,9,13H2,1-4H3,(H2,27,28,29,30,31)/t20-/m0/s1. The number of rotatable bonds is 11. The van der Waals surface area contributed by atoms with E-state index in [1.807, 2.05) is 13.8 Å². The van der Waals surface area contributed by atoms with Crippen LogP contribution in [0.1, 0.15) is 25.8 Å². The summed E-state index contributed by atoms with van der Waals surface area (Å²) < 4.78 is 16.0. The molecule has 35 heavy (non-hydrogen) atoms. The van der Waals surface area contributed by atoms with Gasteiger partial charge in [-0.05, 0) is 60.4 Å². The molecule has 0 saturated heterocycles. The summed E-state index contributed by atoms with van der Waals surface area (Å²) in [4.78, 5) is 25.4. The molecule has 9 nitrogen and oxygen atoms in total. The van der Waals surface area contributed by atoms with Crippen molar-refractivity contribution in [1.82, 2.24) is 15.0 Å². The van der Waals surface area contributed by atoms with Crippen LogP contribution in [-0.2, 0) is 16.1 Å². The van der Waals surface area contributed by atoms with E-state index in [0.29, 0.717) is 34.5 Å². The molecule has 1 heterocycles. The smallest absolute Gasteiger partial charge is 0.328 e. The molecule has 0 amide bonds. The molecule has 2 N–H and O–H groups in total. The molecule has 0 aliphatic rings. The number of carbonyl (C=O) groups excluding carboxylic acids is 1. The maximum Gasteiger partial charge on any atom is 0.328 e. The van der Waals surface area contributed by atoms with Crippen molar-refractivity contribution < 1.29 is 19.0 Å². The van der Waals surface area contributed by atoms with E-state index < -0.39 is 12.0 Å². The van der Waals surface area contributed by atoms with Gasteiger partial charge in [0.15, 0.2) is 0 Å². The summed E-state index contributed by atoms with van der Waals surface area (Å²) in [6, 6.07) is 11.6. The zero-order valence-corrected chi connectivity index (χ0v) is 21.4. The Balaban J connectivity index is 1.88. The van der Waals surface area contributed by atoms with Crippen LogP contribution in [0.25, 0.3) is 0 Å². The second kappa shape index (κ2) is 12.4. The molecule has 0 saturated carbocycles. The summed E-state index contributed by atoms with van der Waals surface area (Å²) in [6.45, 7) is 4.36. The van der Waals surface area contributed by atoms with Crippen molar-refractivity contribution in [3.63, 3.8) is 0 Å². The predicted octanol–water partition coefficient (Wildman–Crippen LogP) is 5.59. The third-order valence-corrected chi connectivity index (χ3v) is 5.19. The first-order valence-corrected chi connectivity index (χ1v) is 11.6. The minimum Gasteiger partial charge on any atom is -0.497 e. The van der Waals surface area contributed by atoms with Crippen LogP contribution in [0.5, 0.6) is 17.5 Å². The maximum atomic E-state index is 12.3. The van der Waals surface area contributed by atoms with Crippen molar-refractivity contribution in [3.05, 3.63) is 58.1 Å². The van der Waals surface area contributed by atoms with Gasteiger partial charge >= 0.3 is 12.0 Å². The van der Waals surface area contributed by atoms with Gasteiger partial charge in [0.2, 0.25) is 11.9 Å². The van der Waals surface area contributed by atoms with E-state index in [0.717, 1.165) is 5.56 Å². The Morgan fingerprint density at radius 2 is 1.57 bits per heavy atom. The van der Waals surface area contributed by atoms with Crippen LogP contribution in [-0.4, -0.2) is 41.2 Å². The molecular weight excluding hydrogens is 493 g/mol. The van der Waals surface area contributed by atoms with Crippen molar-refractivity contribution >= 4 is 41.1 Å². The van der Waals surface area contributed by atoms with Crippen LogP contribution in [0.2, 0.25) is 10.0 Å². The lowest BCUT2D eigenvalue weighted by Gasteiger charge is -2.19. The fourth-order valence-corrected chi connectivity index (χ4v) is 3.74. The van der Waals surface area contributed by atoms with Crippen molar-refractivity contribution in [3.8, 4) is 17.5 Å². The van der Waals surface area contributed by atoms with Crippen molar-refractivity contribution in [2.75, 3.05) is 24.9 Å². The highest BCUT2D eigenvalue weighted by Gasteiger charge is 2.22. The highest BCUT2D eigenvalue weighted by Crippen LogP contribution is 2.24. The number of aromatic nitrogens is 3. The van der Waals surface area contributed by atoms with Crippen LogP contribution < -0.4 is 20.1 Å². The van der Waals surface area contributed by atoms with Crippen molar-refractivity contribution in [2.24, 2.45) is 5.92 Å². The average molecular weight is 520 g/mol. The largest absolute Gasteiger partial charge is 0.497 e. The number of ether oxygens (including phenoxy) is 3. The predicted molar refractivity (Wildman–Crippen MR) is 136 cm³/mol.